The molecule has 0 spiro atoms. The molecular formula is C10H15N3O. The standard InChI is InChI=1S/C10H15N3O/c1-7(2)4-9(14)10(11)8-5-12-13(3)6-8/h5-6,10H,1,4,11H2,2-3H3. The second kappa shape index (κ2) is 4.19. The first kappa shape index (κ1) is 10.7. The van der Waals surface area contributed by atoms with Crippen LogP contribution in [0.3, 0.4) is 0 Å². The van der Waals surface area contributed by atoms with Gasteiger partial charge in [-0.15, -0.1) is 0 Å². The number of hydrogen-bond acceptors (Lipinski definition) is 3. The maximum Gasteiger partial charge on any atom is 0.158 e. The molecule has 4 nitrogen and oxygen atoms in total. The molecule has 0 bridgehead atoms. The van der Waals surface area contributed by atoms with Gasteiger partial charge in [-0.1, -0.05) is 12.2 Å². The Bertz CT molecular complexity index is 354. The molecule has 0 amide bonds. The zero-order valence-electron chi connectivity index (χ0n) is 8.53. The van der Waals surface area contributed by atoms with Gasteiger partial charge in [0.2, 0.25) is 0 Å². The second-order valence-electron chi connectivity index (χ2n) is 3.53. The van der Waals surface area contributed by atoms with Gasteiger partial charge in [-0.3, -0.25) is 9.48 Å². The van der Waals surface area contributed by atoms with Gasteiger partial charge in [0.1, 0.15) is 0 Å². The summed E-state index contributed by atoms with van der Waals surface area (Å²) in [7, 11) is 1.79. The zero-order chi connectivity index (χ0) is 10.7. The van der Waals surface area contributed by atoms with Crippen molar-refractivity contribution in [2.45, 2.75) is 19.4 Å². The monoisotopic (exact) mass is 193 g/mol. The zero-order valence-corrected chi connectivity index (χ0v) is 8.53. The Kier molecular flexibility index (Phi) is 3.19. The van der Waals surface area contributed by atoms with Gasteiger partial charge in [0.05, 0.1) is 12.2 Å². The van der Waals surface area contributed by atoms with Crippen LogP contribution < -0.4 is 5.73 Å². The summed E-state index contributed by atoms with van der Waals surface area (Å²) in [5.74, 6) is -0.0227. The molecule has 2 N–H and O–H groups in total. The van der Waals surface area contributed by atoms with Crippen LogP contribution in [0.4, 0.5) is 0 Å². The maximum atomic E-state index is 11.5. The van der Waals surface area contributed by atoms with Crippen molar-refractivity contribution in [3.05, 3.63) is 30.1 Å². The van der Waals surface area contributed by atoms with Crippen molar-refractivity contribution in [1.82, 2.24) is 9.78 Å². The van der Waals surface area contributed by atoms with Gasteiger partial charge in [0.25, 0.3) is 0 Å². The van der Waals surface area contributed by atoms with Crippen molar-refractivity contribution < 1.29 is 4.79 Å². The molecular weight excluding hydrogens is 178 g/mol. The normalized spacial score (nSPS) is 12.5. The van der Waals surface area contributed by atoms with Crippen molar-refractivity contribution in [2.24, 2.45) is 12.8 Å². The van der Waals surface area contributed by atoms with Crippen LogP contribution in [-0.4, -0.2) is 15.6 Å². The summed E-state index contributed by atoms with van der Waals surface area (Å²) in [5, 5.41) is 3.96. The minimum atomic E-state index is -0.583. The van der Waals surface area contributed by atoms with Gasteiger partial charge in [-0.05, 0) is 6.92 Å². The first-order valence-corrected chi connectivity index (χ1v) is 4.42. The molecule has 0 aromatic carbocycles. The molecule has 1 aromatic rings. The summed E-state index contributed by atoms with van der Waals surface area (Å²) in [5.41, 5.74) is 7.33. The molecule has 4 heteroatoms. The van der Waals surface area contributed by atoms with Crippen LogP contribution in [0.15, 0.2) is 24.5 Å². The fourth-order valence-electron chi connectivity index (χ4n) is 1.19. The number of nitrogens with zero attached hydrogens (tertiary/aromatic N) is 2. The molecule has 1 unspecified atom stereocenters. The van der Waals surface area contributed by atoms with Gasteiger partial charge in [0.15, 0.2) is 5.78 Å². The van der Waals surface area contributed by atoms with E-state index < -0.39 is 6.04 Å². The van der Waals surface area contributed by atoms with Crippen LogP contribution in [0.25, 0.3) is 0 Å². The fraction of sp³-hybridized carbons (Fsp3) is 0.400. The Morgan fingerprint density at radius 3 is 2.86 bits per heavy atom. The first-order chi connectivity index (χ1) is 6.50. The van der Waals surface area contributed by atoms with E-state index in [0.29, 0.717) is 6.42 Å². The molecule has 0 aliphatic heterocycles. The molecule has 0 saturated carbocycles. The second-order valence-corrected chi connectivity index (χ2v) is 3.53. The smallest absolute Gasteiger partial charge is 0.158 e. The van der Waals surface area contributed by atoms with Gasteiger partial charge in [-0.2, -0.15) is 5.10 Å². The van der Waals surface area contributed by atoms with Gasteiger partial charge in [-0.25, -0.2) is 0 Å². The number of nitrogens with two attached hydrogens (primary N) is 1. The third-order valence-corrected chi connectivity index (χ3v) is 1.91. The fourth-order valence-corrected chi connectivity index (χ4v) is 1.19. The van der Waals surface area contributed by atoms with Crippen LogP contribution in [0, 0.1) is 0 Å². The number of carbonyl (C=O) groups is 1. The SMILES string of the molecule is C=C(C)CC(=O)C(N)c1cnn(C)c1. The van der Waals surface area contributed by atoms with Crippen molar-refractivity contribution in [1.29, 1.82) is 0 Å². The highest BCUT2D eigenvalue weighted by Gasteiger charge is 2.16. The number of hydrogen-bond donors (Lipinski definition) is 1. The lowest BCUT2D eigenvalue weighted by Gasteiger charge is -2.07. The van der Waals surface area contributed by atoms with Gasteiger partial charge < -0.3 is 5.73 Å². The van der Waals surface area contributed by atoms with Crippen LogP contribution in [-0.2, 0) is 11.8 Å². The molecule has 76 valence electrons. The Balaban J connectivity index is 2.70. The highest BCUT2D eigenvalue weighted by molar-refractivity contribution is 5.86. The van der Waals surface area contributed by atoms with Gasteiger partial charge >= 0.3 is 0 Å². The predicted molar refractivity (Wildman–Crippen MR) is 54.6 cm³/mol. The molecule has 1 rings (SSSR count). The first-order valence-electron chi connectivity index (χ1n) is 4.42. The molecule has 14 heavy (non-hydrogen) atoms. The highest BCUT2D eigenvalue weighted by atomic mass is 16.1. The largest absolute Gasteiger partial charge is 0.318 e. The Morgan fingerprint density at radius 2 is 2.43 bits per heavy atom. The van der Waals surface area contributed by atoms with Crippen LogP contribution in [0.5, 0.6) is 0 Å². The Hall–Kier alpha value is -1.42. The summed E-state index contributed by atoms with van der Waals surface area (Å²) in [6.07, 6.45) is 3.69. The number of Topliss-reactive ketones (excluding diaryl/α,β-unsaturated/α-hetero) is 1. The summed E-state index contributed by atoms with van der Waals surface area (Å²) < 4.78 is 1.63. The van der Waals surface area contributed by atoms with E-state index in [1.54, 1.807) is 24.1 Å². The average molecular weight is 193 g/mol. The van der Waals surface area contributed by atoms with E-state index in [2.05, 4.69) is 11.7 Å². The number of allylic oxidation sites excluding steroid dienone is 1. The number of rotatable bonds is 4. The molecule has 0 fully saturated rings. The highest BCUT2D eigenvalue weighted by Crippen LogP contribution is 2.13. The van der Waals surface area contributed by atoms with E-state index in [0.717, 1.165) is 11.1 Å². The number of aromatic nitrogens is 2. The molecule has 0 saturated heterocycles. The predicted octanol–water partition coefficient (Wildman–Crippen LogP) is 0.955. The third-order valence-electron chi connectivity index (χ3n) is 1.91. The van der Waals surface area contributed by atoms with Crippen LogP contribution in [0.2, 0.25) is 0 Å². The van der Waals surface area contributed by atoms with E-state index in [9.17, 15) is 4.79 Å². The molecule has 1 atom stereocenters. The van der Waals surface area contributed by atoms with E-state index in [4.69, 9.17) is 5.73 Å². The van der Waals surface area contributed by atoms with Crippen molar-refractivity contribution >= 4 is 5.78 Å². The van der Waals surface area contributed by atoms with Gasteiger partial charge in [0, 0.05) is 25.2 Å². The number of aryl methyl sites for hydroxylation is 1. The number of carbonyl (C=O) groups excluding carboxylic acids is 1. The summed E-state index contributed by atoms with van der Waals surface area (Å²) in [4.78, 5) is 11.5. The van der Waals surface area contributed by atoms with E-state index in [1.165, 1.54) is 0 Å². The molecule has 1 heterocycles. The third kappa shape index (κ3) is 2.53. The van der Waals surface area contributed by atoms with E-state index >= 15 is 0 Å². The van der Waals surface area contributed by atoms with E-state index in [1.807, 2.05) is 6.92 Å². The van der Waals surface area contributed by atoms with Crippen molar-refractivity contribution in [2.75, 3.05) is 0 Å². The Morgan fingerprint density at radius 1 is 1.79 bits per heavy atom. The molecule has 0 aliphatic carbocycles. The van der Waals surface area contributed by atoms with Crippen molar-refractivity contribution in [3.63, 3.8) is 0 Å². The van der Waals surface area contributed by atoms with Crippen LogP contribution in [0.1, 0.15) is 24.9 Å². The van der Waals surface area contributed by atoms with Crippen LogP contribution >= 0.6 is 0 Å². The minimum absolute atomic E-state index is 0.0227. The lowest BCUT2D eigenvalue weighted by atomic mass is 10.0. The number of ketones is 1. The molecule has 1 aromatic heterocycles. The van der Waals surface area contributed by atoms with E-state index in [-0.39, 0.29) is 5.78 Å². The van der Waals surface area contributed by atoms with Crippen molar-refractivity contribution in [3.8, 4) is 0 Å². The maximum absolute atomic E-state index is 11.5. The summed E-state index contributed by atoms with van der Waals surface area (Å²) in [6, 6.07) is -0.583. The quantitative estimate of drug-likeness (QED) is 0.724. The molecule has 0 radical (unpaired) electrons. The topological polar surface area (TPSA) is 60.9 Å². The minimum Gasteiger partial charge on any atom is -0.318 e. The summed E-state index contributed by atoms with van der Waals surface area (Å²) >= 11 is 0. The average Bonchev–Trinajstić information content (AvgIpc) is 2.49. The Labute approximate surface area is 83.4 Å². The molecule has 0 aliphatic rings. The summed E-state index contributed by atoms with van der Waals surface area (Å²) in [6.45, 7) is 5.49. The lowest BCUT2D eigenvalue weighted by molar-refractivity contribution is -0.119. The lowest BCUT2D eigenvalue weighted by Crippen LogP contribution is -2.20.